The number of alkyl halides is 3. The van der Waals surface area contributed by atoms with Gasteiger partial charge in [0.1, 0.15) is 0 Å². The Morgan fingerprint density at radius 2 is 1.79 bits per heavy atom. The zero-order chi connectivity index (χ0) is 15.3. The molecule has 5 nitrogen and oxygen atoms in total. The Balaban J connectivity index is 4.10. The fourth-order valence-electron chi connectivity index (χ4n) is 0.981. The number of hydrogen-bond donors (Lipinski definition) is 1. The molecule has 0 amide bonds. The number of halogens is 3. The molecule has 0 heterocycles. The van der Waals surface area contributed by atoms with Gasteiger partial charge in [0.15, 0.2) is 0 Å². The van der Waals surface area contributed by atoms with Crippen molar-refractivity contribution in [3.8, 4) is 0 Å². The SMILES string of the molecule is CCC(C)(C)C(=O)OCCCS(=O)(=O)NC(F)(F)F. The fourth-order valence-corrected chi connectivity index (χ4v) is 1.93. The first-order valence-electron chi connectivity index (χ1n) is 5.65. The molecule has 0 rings (SSSR count). The van der Waals surface area contributed by atoms with E-state index in [-0.39, 0.29) is 13.0 Å². The van der Waals surface area contributed by atoms with Crippen molar-refractivity contribution in [2.24, 2.45) is 5.41 Å². The number of carbonyl (C=O) groups is 1. The van der Waals surface area contributed by atoms with Crippen molar-refractivity contribution in [1.82, 2.24) is 4.72 Å². The molecule has 1 N–H and O–H groups in total. The lowest BCUT2D eigenvalue weighted by atomic mass is 9.91. The maximum Gasteiger partial charge on any atom is 0.470 e. The van der Waals surface area contributed by atoms with Crippen molar-refractivity contribution in [2.75, 3.05) is 12.4 Å². The monoisotopic (exact) mass is 305 g/mol. The quantitative estimate of drug-likeness (QED) is 0.442. The van der Waals surface area contributed by atoms with Crippen LogP contribution in [0.15, 0.2) is 0 Å². The van der Waals surface area contributed by atoms with Crippen molar-refractivity contribution in [3.63, 3.8) is 0 Å². The molecule has 0 aliphatic carbocycles. The van der Waals surface area contributed by atoms with Gasteiger partial charge in [0.05, 0.1) is 17.8 Å². The van der Waals surface area contributed by atoms with Gasteiger partial charge in [0, 0.05) is 0 Å². The highest BCUT2D eigenvalue weighted by Gasteiger charge is 2.33. The molecule has 0 spiro atoms. The van der Waals surface area contributed by atoms with E-state index in [1.54, 1.807) is 20.8 Å². The molecule has 9 heteroatoms. The van der Waals surface area contributed by atoms with Gasteiger partial charge in [0.2, 0.25) is 10.0 Å². The highest BCUT2D eigenvalue weighted by atomic mass is 32.2. The van der Waals surface area contributed by atoms with Crippen LogP contribution < -0.4 is 4.72 Å². The van der Waals surface area contributed by atoms with Gasteiger partial charge >= 0.3 is 12.3 Å². The third kappa shape index (κ3) is 8.04. The minimum atomic E-state index is -4.99. The summed E-state index contributed by atoms with van der Waals surface area (Å²) in [6, 6.07) is 0. The molecular weight excluding hydrogens is 287 g/mol. The van der Waals surface area contributed by atoms with Gasteiger partial charge in [-0.1, -0.05) is 6.92 Å². The smallest absolute Gasteiger partial charge is 0.465 e. The van der Waals surface area contributed by atoms with E-state index >= 15 is 0 Å². The van der Waals surface area contributed by atoms with E-state index in [1.165, 1.54) is 0 Å². The van der Waals surface area contributed by atoms with Gasteiger partial charge in [-0.2, -0.15) is 13.2 Å². The second-order valence-electron chi connectivity index (χ2n) is 4.65. The summed E-state index contributed by atoms with van der Waals surface area (Å²) < 4.78 is 62.8. The molecule has 0 aliphatic heterocycles. The number of sulfonamides is 1. The average molecular weight is 305 g/mol. The zero-order valence-electron chi connectivity index (χ0n) is 11.0. The molecule has 0 aromatic heterocycles. The van der Waals surface area contributed by atoms with Crippen molar-refractivity contribution < 1.29 is 31.1 Å². The minimum absolute atomic E-state index is 0.197. The minimum Gasteiger partial charge on any atom is -0.465 e. The molecule has 0 aliphatic rings. The van der Waals surface area contributed by atoms with E-state index in [1.807, 2.05) is 0 Å². The van der Waals surface area contributed by atoms with Crippen LogP contribution in [-0.4, -0.2) is 33.0 Å². The van der Waals surface area contributed by atoms with Gasteiger partial charge in [0.25, 0.3) is 0 Å². The van der Waals surface area contributed by atoms with Crippen LogP contribution in [-0.2, 0) is 19.6 Å². The lowest BCUT2D eigenvalue weighted by molar-refractivity contribution is -0.154. The molecule has 0 aromatic rings. The van der Waals surface area contributed by atoms with Crippen molar-refractivity contribution in [1.29, 1.82) is 0 Å². The molecule has 0 bridgehead atoms. The Hall–Kier alpha value is -0.830. The topological polar surface area (TPSA) is 72.5 Å². The summed E-state index contributed by atoms with van der Waals surface area (Å²) in [5, 5.41) is 0. The summed E-state index contributed by atoms with van der Waals surface area (Å²) in [5.74, 6) is -1.26. The van der Waals surface area contributed by atoms with Gasteiger partial charge in [-0.3, -0.25) is 4.79 Å². The Morgan fingerprint density at radius 1 is 1.26 bits per heavy atom. The van der Waals surface area contributed by atoms with E-state index in [9.17, 15) is 26.4 Å². The van der Waals surface area contributed by atoms with Crippen LogP contribution >= 0.6 is 0 Å². The predicted octanol–water partition coefficient (Wildman–Crippen LogP) is 1.80. The van der Waals surface area contributed by atoms with Gasteiger partial charge in [-0.25, -0.2) is 8.42 Å². The van der Waals surface area contributed by atoms with Crippen LogP contribution in [0.25, 0.3) is 0 Å². The number of rotatable bonds is 7. The number of carbonyl (C=O) groups excluding carboxylic acids is 1. The fraction of sp³-hybridized carbons (Fsp3) is 0.900. The highest BCUT2D eigenvalue weighted by Crippen LogP contribution is 2.21. The lowest BCUT2D eigenvalue weighted by Crippen LogP contribution is -2.38. The number of esters is 1. The first-order chi connectivity index (χ1) is 8.40. The standard InChI is InChI=1S/C10H18F3NO4S/c1-4-9(2,3)8(15)18-6-5-7-19(16,17)14-10(11,12)13/h14H,4-7H2,1-3H3. The van der Waals surface area contributed by atoms with Crippen LogP contribution in [0.3, 0.4) is 0 Å². The molecular formula is C10H18F3NO4S. The molecule has 114 valence electrons. The molecule has 0 fully saturated rings. The Labute approximate surface area is 110 Å². The second kappa shape index (κ2) is 6.56. The van der Waals surface area contributed by atoms with Crippen molar-refractivity contribution in [2.45, 2.75) is 39.9 Å². The van der Waals surface area contributed by atoms with E-state index < -0.39 is 33.5 Å². The third-order valence-corrected chi connectivity index (χ3v) is 3.87. The van der Waals surface area contributed by atoms with E-state index in [2.05, 4.69) is 0 Å². The van der Waals surface area contributed by atoms with Crippen LogP contribution in [0.2, 0.25) is 0 Å². The normalized spacial score (nSPS) is 13.4. The highest BCUT2D eigenvalue weighted by molar-refractivity contribution is 7.89. The summed E-state index contributed by atoms with van der Waals surface area (Å²) in [7, 11) is -4.44. The number of hydrogen-bond acceptors (Lipinski definition) is 4. The molecule has 0 saturated carbocycles. The Morgan fingerprint density at radius 3 is 2.21 bits per heavy atom. The van der Waals surface area contributed by atoms with E-state index in [0.717, 1.165) is 0 Å². The van der Waals surface area contributed by atoms with Crippen LogP contribution in [0.1, 0.15) is 33.6 Å². The lowest BCUT2D eigenvalue weighted by Gasteiger charge is -2.20. The van der Waals surface area contributed by atoms with E-state index in [4.69, 9.17) is 4.74 Å². The van der Waals surface area contributed by atoms with Crippen LogP contribution in [0.4, 0.5) is 13.2 Å². The van der Waals surface area contributed by atoms with Crippen LogP contribution in [0, 0.1) is 5.41 Å². The largest absolute Gasteiger partial charge is 0.470 e. The summed E-state index contributed by atoms with van der Waals surface area (Å²) in [5.41, 5.74) is -0.691. The molecule has 0 unspecified atom stereocenters. The van der Waals surface area contributed by atoms with Gasteiger partial charge < -0.3 is 4.74 Å². The molecule has 0 saturated heterocycles. The van der Waals surface area contributed by atoms with Crippen LogP contribution in [0.5, 0.6) is 0 Å². The molecule has 0 aromatic carbocycles. The van der Waals surface area contributed by atoms with E-state index in [0.29, 0.717) is 11.1 Å². The number of nitrogens with one attached hydrogen (secondary N) is 1. The predicted molar refractivity (Wildman–Crippen MR) is 62.6 cm³/mol. The van der Waals surface area contributed by atoms with Gasteiger partial charge in [-0.15, -0.1) is 4.72 Å². The van der Waals surface area contributed by atoms with Crippen molar-refractivity contribution in [3.05, 3.63) is 0 Å². The first kappa shape index (κ1) is 18.2. The molecule has 0 radical (unpaired) electrons. The van der Waals surface area contributed by atoms with Crippen molar-refractivity contribution >= 4 is 16.0 Å². The average Bonchev–Trinajstić information content (AvgIpc) is 2.20. The number of ether oxygens (including phenoxy) is 1. The third-order valence-electron chi connectivity index (χ3n) is 2.50. The zero-order valence-corrected chi connectivity index (χ0v) is 11.8. The molecule has 19 heavy (non-hydrogen) atoms. The first-order valence-corrected chi connectivity index (χ1v) is 7.30. The van der Waals surface area contributed by atoms with Gasteiger partial charge in [-0.05, 0) is 26.7 Å². The maximum atomic E-state index is 11.8. The summed E-state index contributed by atoms with van der Waals surface area (Å²) in [6.45, 7) is 4.88. The maximum absolute atomic E-state index is 11.8. The Kier molecular flexibility index (Phi) is 6.27. The second-order valence-corrected chi connectivity index (χ2v) is 6.49. The summed E-state index contributed by atoms with van der Waals surface area (Å²) in [6.07, 6.45) is -4.64. The molecule has 0 atom stereocenters. The summed E-state index contributed by atoms with van der Waals surface area (Å²) in [4.78, 5) is 11.5. The summed E-state index contributed by atoms with van der Waals surface area (Å²) >= 11 is 0. The Bertz CT molecular complexity index is 403.